The van der Waals surface area contributed by atoms with E-state index in [-0.39, 0.29) is 101 Å². The summed E-state index contributed by atoms with van der Waals surface area (Å²) in [6, 6.07) is 42.1. The number of carbonyl (C=O) groups excluding carboxylic acids is 1. The van der Waals surface area contributed by atoms with Crippen molar-refractivity contribution in [2.75, 3.05) is 64.6 Å². The van der Waals surface area contributed by atoms with Gasteiger partial charge >= 0.3 is 6.09 Å². The van der Waals surface area contributed by atoms with E-state index in [4.69, 9.17) is 48.7 Å². The summed E-state index contributed by atoms with van der Waals surface area (Å²) in [4.78, 5) is 32.9. The largest absolute Gasteiger partial charge is 0.508 e. The number of aromatic hydroxyl groups is 3. The first-order chi connectivity index (χ1) is 62.1. The molecule has 29 heteroatoms. The smallest absolute Gasteiger partial charge is 0.407 e. The van der Waals surface area contributed by atoms with Crippen LogP contribution in [-0.2, 0) is 30.1 Å². The number of H-pyrrole nitrogens is 3. The van der Waals surface area contributed by atoms with Crippen LogP contribution in [0, 0.1) is 58.8 Å². The Balaban J connectivity index is 0.481. The highest BCUT2D eigenvalue weighted by Crippen LogP contribution is 2.56. The number of halogens is 4. The normalized spacial score (nSPS) is 21.8. The molecule has 17 rings (SSSR count). The summed E-state index contributed by atoms with van der Waals surface area (Å²) in [6.45, 7) is 2.54. The van der Waals surface area contributed by atoms with Gasteiger partial charge in [-0.15, -0.1) is 5.10 Å². The van der Waals surface area contributed by atoms with Crippen molar-refractivity contribution in [3.63, 3.8) is 0 Å². The topological polar surface area (TPSA) is 355 Å². The van der Waals surface area contributed by atoms with Gasteiger partial charge in [0.2, 0.25) is 0 Å². The molecule has 7 aliphatic rings. The van der Waals surface area contributed by atoms with Crippen LogP contribution >= 0.6 is 0 Å². The molecule has 9 unspecified atom stereocenters. The molecule has 25 nitrogen and oxygen atoms in total. The molecule has 127 heavy (non-hydrogen) atoms. The number of aromatic nitrogens is 7. The number of aliphatic hydroxyl groups excluding tert-OH is 2. The van der Waals surface area contributed by atoms with Crippen molar-refractivity contribution in [3.05, 3.63) is 225 Å². The summed E-state index contributed by atoms with van der Waals surface area (Å²) in [5.74, 6) is -3.79. The lowest BCUT2D eigenvalue weighted by Gasteiger charge is -2.28. The number of anilines is 1. The van der Waals surface area contributed by atoms with Crippen molar-refractivity contribution in [1.82, 2.24) is 40.7 Å². The summed E-state index contributed by atoms with van der Waals surface area (Å²) in [7, 11) is 0. The molecule has 4 fully saturated rings. The number of azide groups is 1. The number of aromatic amines is 3. The van der Waals surface area contributed by atoms with Crippen LogP contribution < -0.4 is 20.1 Å². The van der Waals surface area contributed by atoms with E-state index < -0.39 is 59.3 Å². The standard InChI is InChI=1S/C98H104F4N12O13/c99-90-89(88-79-41-39-77(109-79)86(62-15-8-19-66(117)49-62)75-37-35-73(107-75)85(61-14-7-18-65(116)48-61)74-36-38-76(108-74)87(78-40-42-80(88)110-78)63-16-9-20-67(118)50-63)91(100)93(102)95(92(90)101)104-43-5-1-2-6-44-105-98(120)125-53-72-70-33-34-81-94(112-114-111-81)64(51-71(70)72)17-10-46-121-68-29-25-60(26-30-68)97-124-55-84(127-97)58-22-21-56(82(119)52-115)12-3-4-13-57(23-24-58)83-54-123-96(126-83)59-27-31-69(32-28-59)122-47-11-45-106-113-103/h7-9,14-16,18-20,25-32,35-42,48-50,56-58,64,70-72,82-84,96-97,104,107,110,115-119H,1-6,10-13,17,21-24,33-34,43-47,51-55H2,(H,105,120)(H,111,112,114)/t56?,57?,58?,64?,70-,71+,72-,82?,83?,84?,96?,97?/m1/s1. The lowest BCUT2D eigenvalue weighted by molar-refractivity contribution is -0.0766. The van der Waals surface area contributed by atoms with Gasteiger partial charge in [-0.2, -0.15) is 0 Å². The molecule has 3 aliphatic carbocycles. The monoisotopic (exact) mass is 1730 g/mol. The Kier molecular flexibility index (Phi) is 27.6. The van der Waals surface area contributed by atoms with Crippen LogP contribution in [0.1, 0.15) is 173 Å². The molecule has 2 saturated heterocycles. The summed E-state index contributed by atoms with van der Waals surface area (Å²) in [5, 5.41) is 74.4. The first-order valence-corrected chi connectivity index (χ1v) is 44.3. The second kappa shape index (κ2) is 40.3. The number of nitrogens with zero attached hydrogens (tertiary/aromatic N) is 7. The van der Waals surface area contributed by atoms with Crippen molar-refractivity contribution in [2.45, 2.75) is 152 Å². The third kappa shape index (κ3) is 20.2. The number of alkyl carbamates (subject to hydrolysis) is 1. The molecular formula is C98H104F4N12O13. The van der Waals surface area contributed by atoms with Crippen LogP contribution in [0.15, 0.2) is 151 Å². The maximum atomic E-state index is 17.3. The van der Waals surface area contributed by atoms with Gasteiger partial charge in [0.25, 0.3) is 0 Å². The average molecular weight is 1730 g/mol. The molecule has 662 valence electrons. The second-order valence-electron chi connectivity index (χ2n) is 34.1. The number of nitrogens with one attached hydrogen (secondary N) is 5. The zero-order chi connectivity index (χ0) is 87.4. The van der Waals surface area contributed by atoms with Gasteiger partial charge in [0.1, 0.15) is 34.4 Å². The summed E-state index contributed by atoms with van der Waals surface area (Å²) in [6.07, 6.45) is 18.2. The number of amides is 1. The van der Waals surface area contributed by atoms with Crippen LogP contribution in [0.2, 0.25) is 0 Å². The number of hydrogen-bond donors (Lipinski definition) is 10. The third-order valence-electron chi connectivity index (χ3n) is 26.0. The van der Waals surface area contributed by atoms with Crippen LogP contribution in [0.5, 0.6) is 28.7 Å². The summed E-state index contributed by atoms with van der Waals surface area (Å²) in [5.41, 5.74) is 15.8. The predicted octanol–water partition coefficient (Wildman–Crippen LogP) is 20.6. The quantitative estimate of drug-likeness (QED) is 0.00499. The molecular weight excluding hydrogens is 1630 g/mol. The zero-order valence-electron chi connectivity index (χ0n) is 70.3. The minimum atomic E-state index is -1.67. The van der Waals surface area contributed by atoms with E-state index >= 15 is 17.6 Å². The fourth-order valence-corrected chi connectivity index (χ4v) is 19.3. The molecule has 0 radical (unpaired) electrons. The zero-order valence-corrected chi connectivity index (χ0v) is 70.3. The van der Waals surface area contributed by atoms with Crippen molar-refractivity contribution < 1.29 is 81.0 Å². The number of fused-ring (bicyclic) bond motifs is 10. The Morgan fingerprint density at radius 1 is 0.575 bits per heavy atom. The van der Waals surface area contributed by atoms with E-state index in [1.165, 1.54) is 36.4 Å². The number of rotatable bonds is 30. The Morgan fingerprint density at radius 2 is 1.09 bits per heavy atom. The number of carbonyl (C=O) groups is 1. The number of phenolic OH excluding ortho intramolecular Hbond substituents is 3. The minimum Gasteiger partial charge on any atom is -0.508 e. The van der Waals surface area contributed by atoms with Crippen molar-refractivity contribution in [3.8, 4) is 73.3 Å². The summed E-state index contributed by atoms with van der Waals surface area (Å²) >= 11 is 0. The first kappa shape index (κ1) is 87.0. The molecule has 8 heterocycles. The third-order valence-corrected chi connectivity index (χ3v) is 26.0. The highest BCUT2D eigenvalue weighted by atomic mass is 19.2. The molecule has 1 amide bonds. The van der Waals surface area contributed by atoms with E-state index in [1.807, 2.05) is 66.7 Å². The minimum absolute atomic E-state index is 0.0181. The number of benzene rings is 6. The fraction of sp³-hybridized carbons (Fsp3) is 0.398. The van der Waals surface area contributed by atoms with Gasteiger partial charge < -0.3 is 79.3 Å². The maximum Gasteiger partial charge on any atom is 0.407 e. The molecule has 4 aromatic heterocycles. The van der Waals surface area contributed by atoms with Crippen molar-refractivity contribution >= 4 is 58.2 Å². The molecule has 4 aliphatic heterocycles. The predicted molar refractivity (Wildman–Crippen MR) is 474 cm³/mol. The Morgan fingerprint density at radius 3 is 1.63 bits per heavy atom. The highest BCUT2D eigenvalue weighted by molar-refractivity contribution is 6.00. The van der Waals surface area contributed by atoms with Gasteiger partial charge in [0.15, 0.2) is 35.8 Å². The SMILES string of the molecule is [N-]=[N+]=NCCCOc1ccc(C2OCC(C3CCCCC(C(O)CO)CCC(C4COC(c5ccc(OCCCC6C[C@H]7[C@@H](CCc8nn[nH]c86)[C@H]7COC(=O)NCCCCCCNc6c(F)c(F)c(-c7c8nc(c(-c9cccc(O)c9)c9ccc([nH]9)c(-c9cccc(O)c9)c9nc(c(-c%10cccc(O)c%10)c%10ccc7[nH]%10)C=C9)C=C8)c(F)c6F)cc5)O4)CC3)O2)cc1. The van der Waals surface area contributed by atoms with E-state index in [2.05, 4.69) is 46.0 Å². The fourth-order valence-electron chi connectivity index (χ4n) is 19.3. The van der Waals surface area contributed by atoms with E-state index in [0.717, 1.165) is 117 Å². The molecule has 8 bridgehead atoms. The van der Waals surface area contributed by atoms with Crippen LogP contribution in [0.4, 0.5) is 28.0 Å². The van der Waals surface area contributed by atoms with Crippen LogP contribution in [0.3, 0.4) is 0 Å². The van der Waals surface area contributed by atoms with Crippen LogP contribution in [-0.4, -0.2) is 145 Å². The van der Waals surface area contributed by atoms with Gasteiger partial charge in [-0.3, -0.25) is 5.10 Å². The molecule has 2 saturated carbocycles. The maximum absolute atomic E-state index is 17.3. The van der Waals surface area contributed by atoms with Gasteiger partial charge in [-0.05, 0) is 257 Å². The number of aryl methyl sites for hydroxylation is 1. The molecule has 12 atom stereocenters. The number of ether oxygens (including phenoxy) is 7. The van der Waals surface area contributed by atoms with Crippen molar-refractivity contribution in [1.29, 1.82) is 0 Å². The van der Waals surface area contributed by atoms with Crippen LogP contribution in [0.25, 0.3) is 101 Å². The van der Waals surface area contributed by atoms with Crippen molar-refractivity contribution in [2.24, 2.45) is 40.6 Å². The number of unbranched alkanes of at least 4 members (excludes halogenated alkanes) is 3. The lowest BCUT2D eigenvalue weighted by atomic mass is 9.83. The highest BCUT2D eigenvalue weighted by Gasteiger charge is 2.52. The molecule has 10 N–H and O–H groups in total. The lowest BCUT2D eigenvalue weighted by Crippen LogP contribution is -2.29. The van der Waals surface area contributed by atoms with Gasteiger partial charge in [-0.1, -0.05) is 96.7 Å². The summed E-state index contributed by atoms with van der Waals surface area (Å²) < 4.78 is 112. The van der Waals surface area contributed by atoms with E-state index in [1.54, 1.807) is 66.7 Å². The Labute approximate surface area is 731 Å². The van der Waals surface area contributed by atoms with Gasteiger partial charge in [-0.25, -0.2) is 32.3 Å². The number of aliphatic hydroxyl groups is 2. The molecule has 10 aromatic rings. The molecule has 6 aromatic carbocycles. The van der Waals surface area contributed by atoms with Gasteiger partial charge in [0.05, 0.1) is 97.7 Å². The number of phenols is 3. The Hall–Kier alpha value is -12.1. The average Bonchev–Trinajstić information content (AvgIpc) is 1.69. The van der Waals surface area contributed by atoms with E-state index in [0.29, 0.717) is 145 Å². The second-order valence-corrected chi connectivity index (χ2v) is 34.1. The number of hydrogen-bond acceptors (Lipinski definition) is 19. The first-order valence-electron chi connectivity index (χ1n) is 44.3. The van der Waals surface area contributed by atoms with Gasteiger partial charge in [0, 0.05) is 85.9 Å². The van der Waals surface area contributed by atoms with E-state index in [9.17, 15) is 30.3 Å². The molecule has 0 spiro atoms. The Bertz CT molecular complexity index is 5790.